The molecule has 0 radical (unpaired) electrons. The number of halogens is 1. The minimum absolute atomic E-state index is 0. The molecule has 8 heteroatoms. The van der Waals surface area contributed by atoms with Crippen LogP contribution in [-0.4, -0.2) is 67.7 Å². The standard InChI is InChI=1S/C23H32N6O.HI/c1-24-21(28-14-16-29(17-15-28)22-25-12-7-13-26-22)27-18-23(10-5-6-11-23)19-8-3-4-9-20(19)30-2;/h3-4,7-9,12-13H,5-6,10-11,14-18H2,1-2H3,(H,24,27);1H. The van der Waals surface area contributed by atoms with Crippen LogP contribution in [0.1, 0.15) is 31.2 Å². The molecule has 1 aliphatic heterocycles. The summed E-state index contributed by atoms with van der Waals surface area (Å²) in [5, 5.41) is 3.70. The zero-order valence-electron chi connectivity index (χ0n) is 18.5. The van der Waals surface area contributed by atoms with Crippen molar-refractivity contribution < 1.29 is 4.74 Å². The van der Waals surface area contributed by atoms with E-state index in [4.69, 9.17) is 4.74 Å². The lowest BCUT2D eigenvalue weighted by Crippen LogP contribution is -2.54. The van der Waals surface area contributed by atoms with Crippen LogP contribution in [0.25, 0.3) is 0 Å². The Morgan fingerprint density at radius 3 is 2.39 bits per heavy atom. The highest BCUT2D eigenvalue weighted by atomic mass is 127. The molecule has 0 spiro atoms. The number of aliphatic imine (C=N–C) groups is 1. The second kappa shape index (κ2) is 11.0. The van der Waals surface area contributed by atoms with E-state index in [1.54, 1.807) is 19.5 Å². The minimum Gasteiger partial charge on any atom is -0.496 e. The maximum absolute atomic E-state index is 5.70. The molecule has 168 valence electrons. The molecular weight excluding hydrogens is 503 g/mol. The number of piperazine rings is 1. The smallest absolute Gasteiger partial charge is 0.225 e. The summed E-state index contributed by atoms with van der Waals surface area (Å²) >= 11 is 0. The Bertz CT molecular complexity index is 848. The van der Waals surface area contributed by atoms with E-state index in [-0.39, 0.29) is 29.4 Å². The fourth-order valence-electron chi connectivity index (χ4n) is 4.83. The molecule has 1 aromatic heterocycles. The molecule has 0 bridgehead atoms. The predicted octanol–water partition coefficient (Wildman–Crippen LogP) is 3.31. The fraction of sp³-hybridized carbons (Fsp3) is 0.522. The summed E-state index contributed by atoms with van der Waals surface area (Å²) < 4.78 is 5.70. The average molecular weight is 536 g/mol. The van der Waals surface area contributed by atoms with Crippen molar-refractivity contribution in [3.63, 3.8) is 0 Å². The lowest BCUT2D eigenvalue weighted by atomic mass is 9.78. The van der Waals surface area contributed by atoms with Gasteiger partial charge in [-0.1, -0.05) is 31.0 Å². The number of guanidine groups is 1. The van der Waals surface area contributed by atoms with Gasteiger partial charge in [0.15, 0.2) is 5.96 Å². The van der Waals surface area contributed by atoms with Crippen LogP contribution in [0.2, 0.25) is 0 Å². The van der Waals surface area contributed by atoms with E-state index in [2.05, 4.69) is 48.3 Å². The third-order valence-corrected chi connectivity index (χ3v) is 6.45. The van der Waals surface area contributed by atoms with Crippen LogP contribution < -0.4 is 15.0 Å². The normalized spacial score (nSPS) is 18.5. The van der Waals surface area contributed by atoms with Gasteiger partial charge < -0.3 is 19.9 Å². The number of rotatable bonds is 5. The van der Waals surface area contributed by atoms with Gasteiger partial charge in [0.2, 0.25) is 5.95 Å². The Kier molecular flexibility index (Phi) is 8.34. The van der Waals surface area contributed by atoms with Gasteiger partial charge in [-0.2, -0.15) is 0 Å². The van der Waals surface area contributed by atoms with Crippen molar-refractivity contribution in [1.29, 1.82) is 0 Å². The Labute approximate surface area is 202 Å². The Balaban J connectivity index is 0.00000272. The third kappa shape index (κ3) is 5.22. The maximum Gasteiger partial charge on any atom is 0.225 e. The molecular formula is C23H33IN6O. The van der Waals surface area contributed by atoms with Gasteiger partial charge >= 0.3 is 0 Å². The molecule has 2 fully saturated rings. The van der Waals surface area contributed by atoms with Crippen molar-refractivity contribution in [2.45, 2.75) is 31.1 Å². The first kappa shape index (κ1) is 23.6. The second-order valence-corrected chi connectivity index (χ2v) is 8.11. The third-order valence-electron chi connectivity index (χ3n) is 6.45. The highest BCUT2D eigenvalue weighted by molar-refractivity contribution is 14.0. The van der Waals surface area contributed by atoms with Crippen LogP contribution in [0.15, 0.2) is 47.7 Å². The number of methoxy groups -OCH3 is 1. The van der Waals surface area contributed by atoms with Crippen LogP contribution in [0.5, 0.6) is 5.75 Å². The van der Waals surface area contributed by atoms with E-state index in [1.807, 2.05) is 19.2 Å². The van der Waals surface area contributed by atoms with E-state index >= 15 is 0 Å². The summed E-state index contributed by atoms with van der Waals surface area (Å²) in [6.07, 6.45) is 8.47. The number of ether oxygens (including phenoxy) is 1. The average Bonchev–Trinajstić information content (AvgIpc) is 3.30. The first-order chi connectivity index (χ1) is 14.8. The van der Waals surface area contributed by atoms with E-state index < -0.39 is 0 Å². The zero-order chi connectivity index (χ0) is 20.8. The first-order valence-corrected chi connectivity index (χ1v) is 10.9. The zero-order valence-corrected chi connectivity index (χ0v) is 20.8. The molecule has 2 heterocycles. The van der Waals surface area contributed by atoms with Gasteiger partial charge in [0.05, 0.1) is 7.11 Å². The maximum atomic E-state index is 5.70. The number of hydrogen-bond acceptors (Lipinski definition) is 5. The summed E-state index contributed by atoms with van der Waals surface area (Å²) in [5.74, 6) is 2.78. The van der Waals surface area contributed by atoms with Gasteiger partial charge in [-0.3, -0.25) is 4.99 Å². The van der Waals surface area contributed by atoms with Gasteiger partial charge in [0, 0.05) is 63.1 Å². The van der Waals surface area contributed by atoms with Gasteiger partial charge in [-0.05, 0) is 25.0 Å². The lowest BCUT2D eigenvalue weighted by Gasteiger charge is -2.38. The summed E-state index contributed by atoms with van der Waals surface area (Å²) in [6.45, 7) is 4.46. The second-order valence-electron chi connectivity index (χ2n) is 8.11. The van der Waals surface area contributed by atoms with E-state index in [0.717, 1.165) is 50.4 Å². The van der Waals surface area contributed by atoms with Gasteiger partial charge in [0.1, 0.15) is 5.75 Å². The first-order valence-electron chi connectivity index (χ1n) is 10.9. The molecule has 7 nitrogen and oxygen atoms in total. The molecule has 1 N–H and O–H groups in total. The van der Waals surface area contributed by atoms with Crippen LogP contribution >= 0.6 is 24.0 Å². The number of nitrogens with zero attached hydrogens (tertiary/aromatic N) is 5. The number of hydrogen-bond donors (Lipinski definition) is 1. The summed E-state index contributed by atoms with van der Waals surface area (Å²) in [7, 11) is 3.64. The molecule has 1 aromatic carbocycles. The molecule has 1 saturated heterocycles. The molecule has 1 saturated carbocycles. The quantitative estimate of drug-likeness (QED) is 0.360. The Morgan fingerprint density at radius 2 is 1.74 bits per heavy atom. The number of anilines is 1. The molecule has 1 aliphatic carbocycles. The summed E-state index contributed by atoms with van der Waals surface area (Å²) in [4.78, 5) is 17.9. The number of para-hydroxylation sites is 1. The fourth-order valence-corrected chi connectivity index (χ4v) is 4.83. The molecule has 31 heavy (non-hydrogen) atoms. The molecule has 2 aliphatic rings. The Hall–Kier alpha value is -2.10. The van der Waals surface area contributed by atoms with Crippen molar-refractivity contribution in [2.24, 2.45) is 4.99 Å². The SMILES string of the molecule is CN=C(NCC1(c2ccccc2OC)CCCC1)N1CCN(c2ncccn2)CC1.I. The van der Waals surface area contributed by atoms with Gasteiger partial charge in [-0.25, -0.2) is 9.97 Å². The van der Waals surface area contributed by atoms with Crippen molar-refractivity contribution in [2.75, 3.05) is 51.8 Å². The number of benzene rings is 1. The van der Waals surface area contributed by atoms with E-state index in [9.17, 15) is 0 Å². The topological polar surface area (TPSA) is 65.9 Å². The highest BCUT2D eigenvalue weighted by Crippen LogP contribution is 2.44. The van der Waals surface area contributed by atoms with Gasteiger partial charge in [0.25, 0.3) is 0 Å². The Morgan fingerprint density at radius 1 is 1.06 bits per heavy atom. The van der Waals surface area contributed by atoms with Crippen molar-refractivity contribution in [1.82, 2.24) is 20.2 Å². The van der Waals surface area contributed by atoms with Crippen molar-refractivity contribution in [3.05, 3.63) is 48.3 Å². The number of aromatic nitrogens is 2. The van der Waals surface area contributed by atoms with Crippen LogP contribution in [-0.2, 0) is 5.41 Å². The van der Waals surface area contributed by atoms with Crippen LogP contribution in [0.3, 0.4) is 0 Å². The van der Waals surface area contributed by atoms with E-state index in [0.29, 0.717) is 0 Å². The van der Waals surface area contributed by atoms with Gasteiger partial charge in [-0.15, -0.1) is 24.0 Å². The number of nitrogens with one attached hydrogen (secondary N) is 1. The lowest BCUT2D eigenvalue weighted by molar-refractivity contribution is 0.348. The highest BCUT2D eigenvalue weighted by Gasteiger charge is 2.38. The predicted molar refractivity (Wildman–Crippen MR) is 136 cm³/mol. The summed E-state index contributed by atoms with van der Waals surface area (Å²) in [6, 6.07) is 10.3. The molecule has 4 rings (SSSR count). The molecule has 0 amide bonds. The summed E-state index contributed by atoms with van der Waals surface area (Å²) in [5.41, 5.74) is 1.42. The van der Waals surface area contributed by atoms with Crippen molar-refractivity contribution >= 4 is 35.9 Å². The van der Waals surface area contributed by atoms with E-state index in [1.165, 1.54) is 31.2 Å². The van der Waals surface area contributed by atoms with Crippen LogP contribution in [0.4, 0.5) is 5.95 Å². The molecule has 0 atom stereocenters. The van der Waals surface area contributed by atoms with Crippen LogP contribution in [0, 0.1) is 0 Å². The largest absolute Gasteiger partial charge is 0.496 e. The monoisotopic (exact) mass is 536 g/mol. The van der Waals surface area contributed by atoms with Crippen molar-refractivity contribution in [3.8, 4) is 5.75 Å². The molecule has 0 unspecified atom stereocenters. The molecule has 2 aromatic rings. The minimum atomic E-state index is 0.